The molecular formula is C12H13N3O6S2. The third-order valence-electron chi connectivity index (χ3n) is 3.31. The molecule has 0 bridgehead atoms. The summed E-state index contributed by atoms with van der Waals surface area (Å²) in [6.45, 7) is 1.61. The molecular weight excluding hydrogens is 346 g/mol. The molecule has 0 aromatic heterocycles. The Morgan fingerprint density at radius 2 is 2.17 bits per heavy atom. The van der Waals surface area contributed by atoms with E-state index in [0.29, 0.717) is 11.3 Å². The van der Waals surface area contributed by atoms with Gasteiger partial charge in [0.1, 0.15) is 28.6 Å². The molecule has 11 heteroatoms. The van der Waals surface area contributed by atoms with E-state index in [4.69, 9.17) is 5.26 Å². The van der Waals surface area contributed by atoms with Gasteiger partial charge in [-0.25, -0.2) is 13.2 Å². The topological polar surface area (TPSA) is 145 Å². The lowest BCUT2D eigenvalue weighted by molar-refractivity contribution is -0.150. The minimum atomic E-state index is -3.85. The van der Waals surface area contributed by atoms with Crippen molar-refractivity contribution in [3.05, 3.63) is 11.3 Å². The van der Waals surface area contributed by atoms with Crippen LogP contribution in [0.5, 0.6) is 0 Å². The van der Waals surface area contributed by atoms with Gasteiger partial charge in [-0.1, -0.05) is 0 Å². The van der Waals surface area contributed by atoms with E-state index < -0.39 is 50.5 Å². The maximum atomic E-state index is 12.1. The lowest BCUT2D eigenvalue weighted by atomic mass is 10.0. The standard InChI is InChI=1S/C12H13N3O6S2/c1-6-4-22-11-8(10(17)15(11)9(6)12(18)19)14-7(16)5-23(20,21)3-2-13/h8,11H,3-5H2,1H3,(H,14,16)(H,18,19)/t8?,11-/m1/s1. The first-order chi connectivity index (χ1) is 10.7. The summed E-state index contributed by atoms with van der Waals surface area (Å²) in [6, 6.07) is 0.488. The maximum Gasteiger partial charge on any atom is 0.352 e. The minimum Gasteiger partial charge on any atom is -0.477 e. The molecule has 9 nitrogen and oxygen atoms in total. The zero-order valence-corrected chi connectivity index (χ0v) is 13.6. The number of nitriles is 1. The van der Waals surface area contributed by atoms with Crippen LogP contribution >= 0.6 is 11.8 Å². The summed E-state index contributed by atoms with van der Waals surface area (Å²) in [5.74, 6) is -3.97. The Morgan fingerprint density at radius 1 is 1.52 bits per heavy atom. The number of hydrogen-bond acceptors (Lipinski definition) is 7. The summed E-state index contributed by atoms with van der Waals surface area (Å²) in [4.78, 5) is 36.1. The lowest BCUT2D eigenvalue weighted by Gasteiger charge is -2.49. The molecule has 2 heterocycles. The van der Waals surface area contributed by atoms with Crippen molar-refractivity contribution in [2.45, 2.75) is 18.3 Å². The number of carboxylic acids is 1. The van der Waals surface area contributed by atoms with Crippen molar-refractivity contribution in [2.75, 3.05) is 17.3 Å². The Morgan fingerprint density at radius 3 is 2.74 bits per heavy atom. The number of thioether (sulfide) groups is 1. The van der Waals surface area contributed by atoms with Crippen LogP contribution in [0.1, 0.15) is 6.92 Å². The fourth-order valence-corrected chi connectivity index (χ4v) is 4.41. The molecule has 1 saturated heterocycles. The molecule has 124 valence electrons. The molecule has 0 spiro atoms. The van der Waals surface area contributed by atoms with Gasteiger partial charge in [-0.15, -0.1) is 11.8 Å². The van der Waals surface area contributed by atoms with Gasteiger partial charge in [0, 0.05) is 5.75 Å². The predicted molar refractivity (Wildman–Crippen MR) is 79.6 cm³/mol. The van der Waals surface area contributed by atoms with Gasteiger partial charge in [-0.2, -0.15) is 5.26 Å². The van der Waals surface area contributed by atoms with Crippen LogP contribution in [-0.2, 0) is 24.2 Å². The van der Waals surface area contributed by atoms with Crippen LogP contribution in [0, 0.1) is 11.3 Å². The fraction of sp³-hybridized carbons (Fsp3) is 0.500. The van der Waals surface area contributed by atoms with Crippen LogP contribution in [0.3, 0.4) is 0 Å². The van der Waals surface area contributed by atoms with E-state index in [1.165, 1.54) is 17.8 Å². The van der Waals surface area contributed by atoms with Crippen molar-refractivity contribution in [1.82, 2.24) is 10.2 Å². The van der Waals surface area contributed by atoms with E-state index in [-0.39, 0.29) is 5.70 Å². The van der Waals surface area contributed by atoms with E-state index in [2.05, 4.69) is 5.32 Å². The Labute approximate surface area is 136 Å². The second-order valence-corrected chi connectivity index (χ2v) is 8.25. The third-order valence-corrected chi connectivity index (χ3v) is 6.01. The number of fused-ring (bicyclic) bond motifs is 1. The number of hydrogen-bond donors (Lipinski definition) is 2. The molecule has 0 saturated carbocycles. The number of nitrogens with one attached hydrogen (secondary N) is 1. The van der Waals surface area contributed by atoms with Crippen molar-refractivity contribution < 1.29 is 27.9 Å². The number of carbonyl (C=O) groups is 3. The first kappa shape index (κ1) is 17.3. The zero-order chi connectivity index (χ0) is 17.4. The molecule has 2 amide bonds. The smallest absolute Gasteiger partial charge is 0.352 e. The third kappa shape index (κ3) is 3.32. The van der Waals surface area contributed by atoms with Crippen molar-refractivity contribution in [2.24, 2.45) is 0 Å². The highest BCUT2D eigenvalue weighted by molar-refractivity contribution is 8.00. The zero-order valence-electron chi connectivity index (χ0n) is 12.0. The van der Waals surface area contributed by atoms with Gasteiger partial charge >= 0.3 is 5.97 Å². The largest absolute Gasteiger partial charge is 0.477 e. The van der Waals surface area contributed by atoms with E-state index >= 15 is 0 Å². The molecule has 2 rings (SSSR count). The molecule has 1 unspecified atom stereocenters. The molecule has 1 fully saturated rings. The van der Waals surface area contributed by atoms with Crippen LogP contribution in [0.15, 0.2) is 11.3 Å². The molecule has 23 heavy (non-hydrogen) atoms. The molecule has 0 aromatic carbocycles. The van der Waals surface area contributed by atoms with Gasteiger partial charge < -0.3 is 10.4 Å². The number of nitrogens with zero attached hydrogens (tertiary/aromatic N) is 2. The van der Waals surface area contributed by atoms with E-state index in [1.807, 2.05) is 0 Å². The Balaban J connectivity index is 2.06. The summed E-state index contributed by atoms with van der Waals surface area (Å²) in [5.41, 5.74) is 0.454. The predicted octanol–water partition coefficient (Wildman–Crippen LogP) is -1.32. The molecule has 2 atom stereocenters. The number of rotatable bonds is 5. The van der Waals surface area contributed by atoms with Crippen molar-refractivity contribution in [3.63, 3.8) is 0 Å². The highest BCUT2D eigenvalue weighted by atomic mass is 32.2. The average Bonchev–Trinajstić information content (AvgIpc) is 2.43. The van der Waals surface area contributed by atoms with Gasteiger partial charge in [0.25, 0.3) is 5.91 Å². The molecule has 2 aliphatic rings. The van der Waals surface area contributed by atoms with Crippen LogP contribution in [0.4, 0.5) is 0 Å². The van der Waals surface area contributed by atoms with Gasteiger partial charge in [0.2, 0.25) is 5.91 Å². The van der Waals surface area contributed by atoms with Crippen LogP contribution in [-0.4, -0.2) is 64.9 Å². The molecule has 2 N–H and O–H groups in total. The van der Waals surface area contributed by atoms with Crippen LogP contribution < -0.4 is 5.32 Å². The van der Waals surface area contributed by atoms with E-state index in [0.717, 1.165) is 4.90 Å². The first-order valence-corrected chi connectivity index (χ1v) is 9.29. The monoisotopic (exact) mass is 359 g/mol. The number of amides is 2. The minimum absolute atomic E-state index is 0.0960. The summed E-state index contributed by atoms with van der Waals surface area (Å²) in [6.07, 6.45) is 0. The van der Waals surface area contributed by atoms with E-state index in [9.17, 15) is 27.9 Å². The van der Waals surface area contributed by atoms with Crippen LogP contribution in [0.2, 0.25) is 0 Å². The molecule has 0 aliphatic carbocycles. The van der Waals surface area contributed by atoms with Crippen molar-refractivity contribution in [1.29, 1.82) is 5.26 Å². The number of aliphatic carboxylic acids is 1. The summed E-state index contributed by atoms with van der Waals surface area (Å²) in [7, 11) is -3.85. The number of sulfone groups is 1. The Hall–Kier alpha value is -2.06. The summed E-state index contributed by atoms with van der Waals surface area (Å²) in [5, 5.41) is 19.3. The average molecular weight is 359 g/mol. The number of β-lactam (4-membered cyclic amide) rings is 1. The number of carboxylic acid groups (broad SMARTS) is 1. The van der Waals surface area contributed by atoms with Gasteiger partial charge in [0.15, 0.2) is 9.84 Å². The normalized spacial score (nSPS) is 23.7. The maximum absolute atomic E-state index is 12.1. The number of carbonyl (C=O) groups excluding carboxylic acids is 2. The van der Waals surface area contributed by atoms with E-state index in [1.54, 1.807) is 6.92 Å². The summed E-state index contributed by atoms with van der Waals surface area (Å²) >= 11 is 1.29. The van der Waals surface area contributed by atoms with Crippen molar-refractivity contribution >= 4 is 39.4 Å². The fourth-order valence-electron chi connectivity index (χ4n) is 2.34. The second kappa shape index (κ2) is 6.21. The highest BCUT2D eigenvalue weighted by Crippen LogP contribution is 2.40. The first-order valence-electron chi connectivity index (χ1n) is 6.42. The summed E-state index contributed by atoms with van der Waals surface area (Å²) < 4.78 is 22.8. The van der Waals surface area contributed by atoms with Gasteiger partial charge in [-0.05, 0) is 12.5 Å². The quantitative estimate of drug-likeness (QED) is 0.575. The highest BCUT2D eigenvalue weighted by Gasteiger charge is 2.53. The van der Waals surface area contributed by atoms with Gasteiger partial charge in [-0.3, -0.25) is 14.5 Å². The van der Waals surface area contributed by atoms with Crippen molar-refractivity contribution in [3.8, 4) is 6.07 Å². The molecule has 0 aromatic rings. The molecule has 0 radical (unpaired) electrons. The van der Waals surface area contributed by atoms with Crippen LogP contribution in [0.25, 0.3) is 0 Å². The Bertz CT molecular complexity index is 751. The second-order valence-electron chi connectivity index (χ2n) is 5.08. The molecule has 2 aliphatic heterocycles. The lowest BCUT2D eigenvalue weighted by Crippen LogP contribution is -2.70. The SMILES string of the molecule is CC1=C(C(=O)O)N2C(=O)C(NC(=O)CS(=O)(=O)CC#N)[C@H]2SC1. The van der Waals surface area contributed by atoms with Gasteiger partial charge in [0.05, 0.1) is 6.07 Å². The Kier molecular flexibility index (Phi) is 4.67.